The van der Waals surface area contributed by atoms with Crippen molar-refractivity contribution in [3.63, 3.8) is 0 Å². The van der Waals surface area contributed by atoms with Crippen molar-refractivity contribution in [1.29, 1.82) is 0 Å². The van der Waals surface area contributed by atoms with E-state index in [9.17, 15) is 13.2 Å². The van der Waals surface area contributed by atoms with Crippen LogP contribution in [0, 0.1) is 6.92 Å². The molecule has 0 unspecified atom stereocenters. The number of halogens is 3. The molecular weight excluding hydrogens is 239 g/mol. The molecule has 88 valence electrons. The Morgan fingerprint density at radius 1 is 1.47 bits per heavy atom. The summed E-state index contributed by atoms with van der Waals surface area (Å²) < 4.78 is 65.7. The lowest BCUT2D eigenvalue weighted by Crippen LogP contribution is -2.27. The molecule has 0 aromatic carbocycles. The Morgan fingerprint density at radius 2 is 1.87 bits per heavy atom. The second-order valence-corrected chi connectivity index (χ2v) is 3.80. The molecule has 0 N–H and O–H groups in total. The highest BCUT2D eigenvalue weighted by Gasteiger charge is 2.36. The van der Waals surface area contributed by atoms with Crippen LogP contribution in [0.15, 0.2) is 16.9 Å². The molecule has 5 nitrogen and oxygen atoms in total. The van der Waals surface area contributed by atoms with Crippen LogP contribution in [0.1, 0.15) is 5.89 Å². The zero-order valence-electron chi connectivity index (χ0n) is 7.78. The smallest absolute Gasteiger partial charge is 0.485 e. The first-order chi connectivity index (χ1) is 6.55. The molecule has 0 aliphatic rings. The van der Waals surface area contributed by atoms with Crippen molar-refractivity contribution in [2.24, 2.45) is 7.05 Å². The summed E-state index contributed by atoms with van der Waals surface area (Å²) in [5.74, 6) is 0.931. The third-order valence-corrected chi connectivity index (χ3v) is 1.87. The van der Waals surface area contributed by atoms with Crippen LogP contribution in [0.3, 0.4) is 0 Å². The quantitative estimate of drug-likeness (QED) is 0.379. The largest absolute Gasteiger partial charge is 0.741 e. The predicted octanol–water partition coefficient (Wildman–Crippen LogP) is 0.464. The maximum Gasteiger partial charge on any atom is 0.485 e. The van der Waals surface area contributed by atoms with Crippen molar-refractivity contribution in [2.45, 2.75) is 12.4 Å². The van der Waals surface area contributed by atoms with Crippen molar-refractivity contribution in [3.05, 3.63) is 18.4 Å². The summed E-state index contributed by atoms with van der Waals surface area (Å²) >= 11 is 0. The van der Waals surface area contributed by atoms with Gasteiger partial charge in [-0.2, -0.15) is 17.7 Å². The van der Waals surface area contributed by atoms with E-state index < -0.39 is 15.6 Å². The van der Waals surface area contributed by atoms with Crippen LogP contribution in [-0.2, 0) is 17.2 Å². The van der Waals surface area contributed by atoms with Crippen molar-refractivity contribution >= 4 is 10.1 Å². The first-order valence-corrected chi connectivity index (χ1v) is 4.88. The Balaban J connectivity index is 0.000000262. The SMILES string of the molecule is Cc1occ[n+]1C.O=S(=O)([O-])C(F)(F)F. The highest BCUT2D eigenvalue weighted by molar-refractivity contribution is 7.86. The first-order valence-electron chi connectivity index (χ1n) is 3.47. The van der Waals surface area contributed by atoms with Crippen LogP contribution in [0.2, 0.25) is 0 Å². The number of oxazole rings is 1. The van der Waals surface area contributed by atoms with Crippen LogP contribution >= 0.6 is 0 Å². The van der Waals surface area contributed by atoms with E-state index >= 15 is 0 Å². The first kappa shape index (κ1) is 13.9. The van der Waals surface area contributed by atoms with Crippen LogP contribution in [0.25, 0.3) is 0 Å². The normalized spacial score (nSPS) is 11.9. The Labute approximate surface area is 83.9 Å². The number of alkyl halides is 3. The summed E-state index contributed by atoms with van der Waals surface area (Å²) in [7, 11) is -4.15. The molecule has 1 aromatic heterocycles. The van der Waals surface area contributed by atoms with Crippen LogP contribution in [0.4, 0.5) is 13.2 Å². The lowest BCUT2D eigenvalue weighted by atomic mass is 10.7. The van der Waals surface area contributed by atoms with Crippen LogP contribution in [0.5, 0.6) is 0 Å². The topological polar surface area (TPSA) is 74.2 Å². The average Bonchev–Trinajstić information content (AvgIpc) is 2.33. The van der Waals surface area contributed by atoms with E-state index in [1.807, 2.05) is 24.7 Å². The second-order valence-electron chi connectivity index (χ2n) is 2.43. The summed E-state index contributed by atoms with van der Waals surface area (Å²) in [5.41, 5.74) is -5.65. The Kier molecular flexibility index (Phi) is 4.28. The van der Waals surface area contributed by atoms with Gasteiger partial charge in [0.1, 0.15) is 7.05 Å². The van der Waals surface area contributed by atoms with Gasteiger partial charge in [0, 0.05) is 0 Å². The van der Waals surface area contributed by atoms with Gasteiger partial charge in [-0.15, -0.1) is 0 Å². The summed E-state index contributed by atoms with van der Waals surface area (Å²) in [5, 5.41) is 0. The van der Waals surface area contributed by atoms with Gasteiger partial charge in [0.05, 0.1) is 6.92 Å². The van der Waals surface area contributed by atoms with Crippen molar-refractivity contribution < 1.29 is 35.1 Å². The molecule has 1 rings (SSSR count). The average molecular weight is 247 g/mol. The zero-order valence-corrected chi connectivity index (χ0v) is 8.59. The Hall–Kier alpha value is -1.09. The number of hydrogen-bond acceptors (Lipinski definition) is 4. The van der Waals surface area contributed by atoms with E-state index in [1.54, 1.807) is 6.26 Å². The molecule has 0 atom stereocenters. The van der Waals surface area contributed by atoms with Crippen LogP contribution in [-0.4, -0.2) is 18.5 Å². The third kappa shape index (κ3) is 4.79. The molecule has 1 aromatic rings. The molecule has 0 radical (unpaired) electrons. The molecule has 0 amide bonds. The van der Waals surface area contributed by atoms with E-state index in [4.69, 9.17) is 17.4 Å². The Morgan fingerprint density at radius 3 is 1.93 bits per heavy atom. The molecule has 0 saturated heterocycles. The fraction of sp³-hybridized carbons (Fsp3) is 0.500. The van der Waals surface area contributed by atoms with Gasteiger partial charge < -0.3 is 8.97 Å². The van der Waals surface area contributed by atoms with Gasteiger partial charge in [-0.25, -0.2) is 8.42 Å². The summed E-state index contributed by atoms with van der Waals surface area (Å²) in [6.45, 7) is 1.92. The van der Waals surface area contributed by atoms with Crippen molar-refractivity contribution in [3.8, 4) is 0 Å². The number of nitrogens with zero attached hydrogens (tertiary/aromatic N) is 1. The lowest BCUT2D eigenvalue weighted by Gasteiger charge is -2.08. The minimum atomic E-state index is -6.09. The van der Waals surface area contributed by atoms with E-state index in [1.165, 1.54) is 0 Å². The monoisotopic (exact) mass is 247 g/mol. The number of aryl methyl sites for hydroxylation is 2. The Bertz CT molecular complexity index is 392. The molecule has 0 fully saturated rings. The van der Waals surface area contributed by atoms with E-state index in [0.717, 1.165) is 5.89 Å². The number of hydrogen-bond donors (Lipinski definition) is 0. The third-order valence-electron chi connectivity index (χ3n) is 1.30. The fourth-order valence-electron chi connectivity index (χ4n) is 0.408. The van der Waals surface area contributed by atoms with Gasteiger partial charge in [-0.3, -0.25) is 0 Å². The van der Waals surface area contributed by atoms with Crippen molar-refractivity contribution in [2.75, 3.05) is 0 Å². The molecule has 0 aliphatic carbocycles. The van der Waals surface area contributed by atoms with Gasteiger partial charge in [0.2, 0.25) is 6.20 Å². The molecule has 15 heavy (non-hydrogen) atoms. The van der Waals surface area contributed by atoms with Gasteiger partial charge in [0.25, 0.3) is 0 Å². The zero-order chi connectivity index (χ0) is 12.3. The fourth-order valence-corrected chi connectivity index (χ4v) is 0.408. The maximum atomic E-state index is 10.7. The number of rotatable bonds is 0. The minimum Gasteiger partial charge on any atom is -0.741 e. The van der Waals surface area contributed by atoms with Crippen LogP contribution < -0.4 is 4.57 Å². The summed E-state index contributed by atoms with van der Waals surface area (Å²) in [4.78, 5) is 0. The molecule has 0 aliphatic heterocycles. The van der Waals surface area contributed by atoms with Crippen molar-refractivity contribution in [1.82, 2.24) is 0 Å². The molecule has 0 spiro atoms. The van der Waals surface area contributed by atoms with E-state index in [2.05, 4.69) is 0 Å². The van der Waals surface area contributed by atoms with E-state index in [0.29, 0.717) is 0 Å². The second kappa shape index (κ2) is 4.62. The van der Waals surface area contributed by atoms with Gasteiger partial charge >= 0.3 is 11.4 Å². The summed E-state index contributed by atoms with van der Waals surface area (Å²) in [6.07, 6.45) is 3.53. The highest BCUT2D eigenvalue weighted by Crippen LogP contribution is 2.20. The molecule has 0 saturated carbocycles. The van der Waals surface area contributed by atoms with E-state index in [-0.39, 0.29) is 0 Å². The summed E-state index contributed by atoms with van der Waals surface area (Å²) in [6, 6.07) is 0. The molecule has 9 heteroatoms. The predicted molar refractivity (Wildman–Crippen MR) is 40.4 cm³/mol. The highest BCUT2D eigenvalue weighted by atomic mass is 32.2. The minimum absolute atomic E-state index is 0.931. The molecular formula is C6H8F3NO4S. The van der Waals surface area contributed by atoms with Gasteiger partial charge in [-0.05, 0) is 0 Å². The lowest BCUT2D eigenvalue weighted by molar-refractivity contribution is -0.681. The molecule has 1 heterocycles. The van der Waals surface area contributed by atoms with Gasteiger partial charge in [-0.1, -0.05) is 0 Å². The number of aromatic nitrogens is 1. The molecule has 0 bridgehead atoms. The maximum absolute atomic E-state index is 10.7. The van der Waals surface area contributed by atoms with Gasteiger partial charge in [0.15, 0.2) is 16.4 Å². The standard InChI is InChI=1S/C5H8NO.CHF3O3S/c1-5-6(2)3-4-7-5;2-1(3,4)8(5,6)7/h3-4H,1-2H3;(H,5,6,7)/q+1;/p-1.